The molecule has 0 unspecified atom stereocenters. The third-order valence-electron chi connectivity index (χ3n) is 3.76. The number of benzene rings is 2. The van der Waals surface area contributed by atoms with Crippen LogP contribution in [0.3, 0.4) is 0 Å². The highest BCUT2D eigenvalue weighted by Gasteiger charge is 2.28. The third kappa shape index (κ3) is 2.33. The fraction of sp³-hybridized carbons (Fsp3) is 0.235. The van der Waals surface area contributed by atoms with Crippen LogP contribution in [0.25, 0.3) is 0 Å². The Bertz CT molecular complexity index is 681. The number of fused-ring (bicyclic) bond motifs is 1. The second kappa shape index (κ2) is 5.48. The maximum Gasteiger partial charge on any atom is 0.167 e. The lowest BCUT2D eigenvalue weighted by Crippen LogP contribution is -2.23. The Labute approximate surface area is 123 Å². The lowest BCUT2D eigenvalue weighted by molar-refractivity contribution is 0.0972. The summed E-state index contributed by atoms with van der Waals surface area (Å²) in [6, 6.07) is 13.2. The molecule has 1 N–H and O–H groups in total. The van der Waals surface area contributed by atoms with E-state index < -0.39 is 0 Å². The van der Waals surface area contributed by atoms with Crippen molar-refractivity contribution in [3.8, 4) is 11.5 Å². The minimum absolute atomic E-state index is 0.113. The Kier molecular flexibility index (Phi) is 3.52. The van der Waals surface area contributed by atoms with Gasteiger partial charge in [-0.05, 0) is 18.2 Å². The minimum Gasteiger partial charge on any atom is -0.493 e. The monoisotopic (exact) mass is 283 g/mol. The van der Waals surface area contributed by atoms with Crippen molar-refractivity contribution in [2.24, 2.45) is 0 Å². The average Bonchev–Trinajstić information content (AvgIpc) is 2.54. The summed E-state index contributed by atoms with van der Waals surface area (Å²) >= 11 is 0. The Morgan fingerprint density at radius 3 is 2.62 bits per heavy atom. The molecule has 21 heavy (non-hydrogen) atoms. The molecule has 1 atom stereocenters. The maximum atomic E-state index is 12.3. The molecule has 0 aromatic heterocycles. The van der Waals surface area contributed by atoms with Crippen LogP contribution in [0.1, 0.15) is 28.4 Å². The molecule has 0 radical (unpaired) electrons. The Balaban J connectivity index is 2.02. The molecular formula is C17H17NO3. The van der Waals surface area contributed by atoms with Gasteiger partial charge >= 0.3 is 0 Å². The lowest BCUT2D eigenvalue weighted by atomic mass is 9.92. The molecule has 0 amide bonds. The summed E-state index contributed by atoms with van der Waals surface area (Å²) in [5.74, 6) is 1.48. The Morgan fingerprint density at radius 2 is 1.86 bits per heavy atom. The van der Waals surface area contributed by atoms with Crippen LogP contribution in [0.4, 0.5) is 5.69 Å². The second-order valence-electron chi connectivity index (χ2n) is 4.95. The summed E-state index contributed by atoms with van der Waals surface area (Å²) in [5, 5.41) is 3.41. The van der Waals surface area contributed by atoms with Gasteiger partial charge in [-0.15, -0.1) is 0 Å². The van der Waals surface area contributed by atoms with Gasteiger partial charge in [-0.3, -0.25) is 4.79 Å². The van der Waals surface area contributed by atoms with Crippen molar-refractivity contribution in [3.63, 3.8) is 0 Å². The van der Waals surface area contributed by atoms with Crippen molar-refractivity contribution in [1.29, 1.82) is 0 Å². The molecule has 1 aliphatic heterocycles. The van der Waals surface area contributed by atoms with Crippen molar-refractivity contribution in [2.75, 3.05) is 19.5 Å². The summed E-state index contributed by atoms with van der Waals surface area (Å²) < 4.78 is 10.8. The third-order valence-corrected chi connectivity index (χ3v) is 3.76. The van der Waals surface area contributed by atoms with Crippen LogP contribution in [0, 0.1) is 0 Å². The highest BCUT2D eigenvalue weighted by atomic mass is 16.5. The van der Waals surface area contributed by atoms with Gasteiger partial charge in [-0.2, -0.15) is 0 Å². The van der Waals surface area contributed by atoms with E-state index in [0.29, 0.717) is 17.9 Å². The second-order valence-corrected chi connectivity index (χ2v) is 4.95. The highest BCUT2D eigenvalue weighted by molar-refractivity contribution is 6.03. The summed E-state index contributed by atoms with van der Waals surface area (Å²) in [6.07, 6.45) is 0.403. The van der Waals surface area contributed by atoms with Crippen LogP contribution in [0.5, 0.6) is 11.5 Å². The Morgan fingerprint density at radius 1 is 1.05 bits per heavy atom. The van der Waals surface area contributed by atoms with E-state index in [4.69, 9.17) is 9.47 Å². The number of anilines is 1. The van der Waals surface area contributed by atoms with E-state index in [0.717, 1.165) is 16.8 Å². The van der Waals surface area contributed by atoms with Gasteiger partial charge in [-0.1, -0.05) is 24.3 Å². The molecule has 2 aromatic carbocycles. The summed E-state index contributed by atoms with van der Waals surface area (Å²) in [6.45, 7) is 0. The molecule has 0 bridgehead atoms. The molecule has 4 nitrogen and oxygen atoms in total. The molecule has 0 aliphatic carbocycles. The quantitative estimate of drug-likeness (QED) is 0.937. The van der Waals surface area contributed by atoms with Crippen molar-refractivity contribution in [1.82, 2.24) is 0 Å². The molecular weight excluding hydrogens is 266 g/mol. The van der Waals surface area contributed by atoms with Gasteiger partial charge < -0.3 is 14.8 Å². The predicted octanol–water partition coefficient (Wildman–Crippen LogP) is 3.44. The number of para-hydroxylation sites is 2. The van der Waals surface area contributed by atoms with Crippen LogP contribution < -0.4 is 14.8 Å². The van der Waals surface area contributed by atoms with Gasteiger partial charge in [0.1, 0.15) is 0 Å². The smallest absolute Gasteiger partial charge is 0.167 e. The molecule has 0 fully saturated rings. The lowest BCUT2D eigenvalue weighted by Gasteiger charge is -2.28. The van der Waals surface area contributed by atoms with E-state index >= 15 is 0 Å². The summed E-state index contributed by atoms with van der Waals surface area (Å²) in [5.41, 5.74) is 2.54. The van der Waals surface area contributed by atoms with Crippen LogP contribution in [-0.2, 0) is 0 Å². The van der Waals surface area contributed by atoms with E-state index in [1.807, 2.05) is 42.5 Å². The van der Waals surface area contributed by atoms with Crippen LogP contribution >= 0.6 is 0 Å². The number of ether oxygens (including phenoxy) is 2. The first-order chi connectivity index (χ1) is 10.2. The summed E-state index contributed by atoms with van der Waals surface area (Å²) in [7, 11) is 3.22. The number of hydrogen-bond acceptors (Lipinski definition) is 4. The van der Waals surface area contributed by atoms with E-state index in [1.54, 1.807) is 14.2 Å². The molecule has 3 rings (SSSR count). The van der Waals surface area contributed by atoms with Gasteiger partial charge in [0.2, 0.25) is 0 Å². The number of ketones is 1. The average molecular weight is 283 g/mol. The van der Waals surface area contributed by atoms with Crippen molar-refractivity contribution >= 4 is 11.5 Å². The number of rotatable bonds is 3. The first-order valence-corrected chi connectivity index (χ1v) is 6.84. The molecule has 0 saturated heterocycles. The molecule has 2 aromatic rings. The Hall–Kier alpha value is -2.49. The van der Waals surface area contributed by atoms with Gasteiger partial charge in [-0.25, -0.2) is 0 Å². The molecule has 1 heterocycles. The van der Waals surface area contributed by atoms with Crippen molar-refractivity contribution in [2.45, 2.75) is 12.5 Å². The number of carbonyl (C=O) groups is 1. The maximum absolute atomic E-state index is 12.3. The fourth-order valence-electron chi connectivity index (χ4n) is 2.76. The number of hydrogen-bond donors (Lipinski definition) is 1. The van der Waals surface area contributed by atoms with Crippen molar-refractivity contribution in [3.05, 3.63) is 53.6 Å². The number of Topliss-reactive ketones (excluding diaryl/α,β-unsaturated/α-hetero) is 1. The number of methoxy groups -OCH3 is 2. The van der Waals surface area contributed by atoms with Gasteiger partial charge in [0.15, 0.2) is 17.3 Å². The zero-order chi connectivity index (χ0) is 14.8. The molecule has 108 valence electrons. The van der Waals surface area contributed by atoms with E-state index in [-0.39, 0.29) is 11.8 Å². The first kappa shape index (κ1) is 13.5. The van der Waals surface area contributed by atoms with E-state index in [1.165, 1.54) is 0 Å². The van der Waals surface area contributed by atoms with E-state index in [2.05, 4.69) is 5.32 Å². The largest absolute Gasteiger partial charge is 0.493 e. The molecule has 4 heteroatoms. The fourth-order valence-corrected chi connectivity index (χ4v) is 2.76. The molecule has 0 spiro atoms. The van der Waals surface area contributed by atoms with E-state index in [9.17, 15) is 4.79 Å². The predicted molar refractivity (Wildman–Crippen MR) is 81.3 cm³/mol. The van der Waals surface area contributed by atoms with Gasteiger partial charge in [0.05, 0.1) is 20.3 Å². The minimum atomic E-state index is -0.113. The SMILES string of the molecule is COc1cccc([C@H]2CC(=O)c3ccccc3N2)c1OC. The first-order valence-electron chi connectivity index (χ1n) is 6.84. The normalized spacial score (nSPS) is 16.9. The van der Waals surface area contributed by atoms with Crippen LogP contribution in [-0.4, -0.2) is 20.0 Å². The number of carbonyl (C=O) groups excluding carboxylic acids is 1. The summed E-state index contributed by atoms with van der Waals surface area (Å²) in [4.78, 5) is 12.3. The standard InChI is InChI=1S/C17H17NO3/c1-20-16-9-5-7-12(17(16)21-2)14-10-15(19)11-6-3-4-8-13(11)18-14/h3-9,14,18H,10H2,1-2H3/t14-/m1/s1. The van der Waals surface area contributed by atoms with Gasteiger partial charge in [0, 0.05) is 23.2 Å². The van der Waals surface area contributed by atoms with Crippen molar-refractivity contribution < 1.29 is 14.3 Å². The highest BCUT2D eigenvalue weighted by Crippen LogP contribution is 2.40. The molecule has 0 saturated carbocycles. The van der Waals surface area contributed by atoms with Crippen LogP contribution in [0.15, 0.2) is 42.5 Å². The topological polar surface area (TPSA) is 47.6 Å². The number of nitrogens with one attached hydrogen (secondary N) is 1. The zero-order valence-corrected chi connectivity index (χ0v) is 12.1. The zero-order valence-electron chi connectivity index (χ0n) is 12.1. The van der Waals surface area contributed by atoms with Crippen LogP contribution in [0.2, 0.25) is 0 Å². The van der Waals surface area contributed by atoms with Gasteiger partial charge in [0.25, 0.3) is 0 Å². The molecule has 1 aliphatic rings.